The van der Waals surface area contributed by atoms with E-state index in [1.165, 1.54) is 105 Å². The smallest absolute Gasteiger partial charge is 0.0714 e. The summed E-state index contributed by atoms with van der Waals surface area (Å²) in [7, 11) is 0. The minimum atomic E-state index is -0.544. The highest BCUT2D eigenvalue weighted by Gasteiger charge is 2.46. The summed E-state index contributed by atoms with van der Waals surface area (Å²) < 4.78 is 2.51. The molecule has 11 aromatic carbocycles. The second-order valence-electron chi connectivity index (χ2n) is 21.7. The standard InChI is InChI=1S/C76H58N2/c1-51(47-70-52(2)62-35-20-22-38-68(62)75(70,3)4)77(61-45-46-65-64-36-21-23-39-69(64)76(71(65)50-61,57-31-16-8-17-32-57)58-33-18-9-19-34-58)59-41-43-60(44-42-59)78-72-40-24-37-63(54-27-12-6-13-28-54)73(72)67-49-56(53-25-10-5-11-26-53)48-66(74(67)78)55-29-14-7-15-30-55/h5-50H,1-4H3/b51-47+. The van der Waals surface area contributed by atoms with Gasteiger partial charge in [-0.2, -0.15) is 0 Å². The third-order valence-corrected chi connectivity index (χ3v) is 17.0. The van der Waals surface area contributed by atoms with Crippen LogP contribution in [0.15, 0.2) is 290 Å². The molecule has 0 unspecified atom stereocenters. The van der Waals surface area contributed by atoms with Gasteiger partial charge in [0.05, 0.1) is 16.4 Å². The second kappa shape index (κ2) is 18.7. The van der Waals surface area contributed by atoms with Gasteiger partial charge in [0.15, 0.2) is 0 Å². The molecule has 0 aliphatic heterocycles. The maximum absolute atomic E-state index is 2.51. The molecule has 0 bridgehead atoms. The number of hydrogen-bond donors (Lipinski definition) is 0. The summed E-state index contributed by atoms with van der Waals surface area (Å²) in [6.07, 6.45) is 2.46. The van der Waals surface area contributed by atoms with Crippen molar-refractivity contribution >= 4 is 38.8 Å². The zero-order valence-corrected chi connectivity index (χ0v) is 44.5. The van der Waals surface area contributed by atoms with Gasteiger partial charge in [-0.15, -0.1) is 0 Å². The number of allylic oxidation sites excluding steroid dienone is 4. The summed E-state index contributed by atoms with van der Waals surface area (Å²) in [5.41, 5.74) is 26.2. The Kier molecular flexibility index (Phi) is 11.2. The van der Waals surface area contributed by atoms with Crippen LogP contribution in [-0.4, -0.2) is 4.57 Å². The Morgan fingerprint density at radius 1 is 0.410 bits per heavy atom. The molecule has 2 aliphatic rings. The average molecular weight is 999 g/mol. The van der Waals surface area contributed by atoms with Crippen LogP contribution in [0.3, 0.4) is 0 Å². The van der Waals surface area contributed by atoms with E-state index >= 15 is 0 Å². The van der Waals surface area contributed by atoms with Crippen molar-refractivity contribution in [2.75, 3.05) is 4.90 Å². The molecule has 0 radical (unpaired) electrons. The Labute approximate surface area is 458 Å². The predicted octanol–water partition coefficient (Wildman–Crippen LogP) is 20.0. The maximum Gasteiger partial charge on any atom is 0.0714 e. The molecule has 0 atom stereocenters. The van der Waals surface area contributed by atoms with Crippen molar-refractivity contribution in [2.45, 2.75) is 38.5 Å². The molecule has 2 nitrogen and oxygen atoms in total. The monoisotopic (exact) mass is 998 g/mol. The van der Waals surface area contributed by atoms with Crippen LogP contribution in [0, 0.1) is 0 Å². The van der Waals surface area contributed by atoms with Crippen LogP contribution in [0.25, 0.3) is 77.6 Å². The van der Waals surface area contributed by atoms with Crippen LogP contribution in [0.4, 0.5) is 11.4 Å². The molecular weight excluding hydrogens is 941 g/mol. The van der Waals surface area contributed by atoms with Crippen molar-refractivity contribution in [3.8, 4) is 50.2 Å². The van der Waals surface area contributed by atoms with Gasteiger partial charge in [0, 0.05) is 44.5 Å². The van der Waals surface area contributed by atoms with Gasteiger partial charge >= 0.3 is 0 Å². The fraction of sp³-hybridized carbons (Fsp3) is 0.0789. The van der Waals surface area contributed by atoms with Gasteiger partial charge in [-0.1, -0.05) is 232 Å². The molecule has 1 aromatic heterocycles. The molecule has 0 saturated heterocycles. The number of hydrogen-bond acceptors (Lipinski definition) is 1. The molecule has 0 N–H and O–H groups in total. The summed E-state index contributed by atoms with van der Waals surface area (Å²) in [5, 5.41) is 2.46. The van der Waals surface area contributed by atoms with E-state index in [0.29, 0.717) is 0 Å². The van der Waals surface area contributed by atoms with Gasteiger partial charge in [0.1, 0.15) is 0 Å². The lowest BCUT2D eigenvalue weighted by Crippen LogP contribution is -2.29. The van der Waals surface area contributed by atoms with Crippen molar-refractivity contribution in [3.05, 3.63) is 324 Å². The van der Waals surface area contributed by atoms with Crippen molar-refractivity contribution in [2.24, 2.45) is 0 Å². The number of fused-ring (bicyclic) bond motifs is 7. The average Bonchev–Trinajstić information content (AvgIpc) is 4.07. The van der Waals surface area contributed by atoms with Crippen LogP contribution in [0.2, 0.25) is 0 Å². The van der Waals surface area contributed by atoms with Gasteiger partial charge in [-0.25, -0.2) is 0 Å². The van der Waals surface area contributed by atoms with Crippen LogP contribution in [-0.2, 0) is 10.8 Å². The minimum Gasteiger partial charge on any atom is -0.314 e. The Bertz CT molecular complexity index is 4280. The lowest BCUT2D eigenvalue weighted by molar-refractivity contribution is 0.652. The summed E-state index contributed by atoms with van der Waals surface area (Å²) in [6, 6.07) is 101. The van der Waals surface area contributed by atoms with Gasteiger partial charge in [0.25, 0.3) is 0 Å². The zero-order chi connectivity index (χ0) is 52.5. The Morgan fingerprint density at radius 3 is 1.55 bits per heavy atom. The lowest BCUT2D eigenvalue weighted by Gasteiger charge is -2.35. The van der Waals surface area contributed by atoms with E-state index in [2.05, 4.69) is 316 Å². The molecule has 0 saturated carbocycles. The topological polar surface area (TPSA) is 8.17 Å². The van der Waals surface area contributed by atoms with E-state index in [-0.39, 0.29) is 5.41 Å². The van der Waals surface area contributed by atoms with Crippen LogP contribution in [0.1, 0.15) is 61.1 Å². The fourth-order valence-electron chi connectivity index (χ4n) is 13.5. The normalized spacial score (nSPS) is 14.1. The molecule has 0 amide bonds. The molecule has 78 heavy (non-hydrogen) atoms. The third kappa shape index (κ3) is 7.31. The maximum atomic E-state index is 2.51. The van der Waals surface area contributed by atoms with Crippen molar-refractivity contribution in [3.63, 3.8) is 0 Å². The predicted molar refractivity (Wildman–Crippen MR) is 329 cm³/mol. The van der Waals surface area contributed by atoms with Crippen LogP contribution < -0.4 is 4.90 Å². The van der Waals surface area contributed by atoms with E-state index in [4.69, 9.17) is 0 Å². The first-order chi connectivity index (χ1) is 38.3. The van der Waals surface area contributed by atoms with Crippen molar-refractivity contribution < 1.29 is 0 Å². The van der Waals surface area contributed by atoms with Crippen molar-refractivity contribution in [1.82, 2.24) is 4.57 Å². The summed E-state index contributed by atoms with van der Waals surface area (Å²) >= 11 is 0. The third-order valence-electron chi connectivity index (χ3n) is 17.0. The highest BCUT2D eigenvalue weighted by Crippen LogP contribution is 2.57. The van der Waals surface area contributed by atoms with Crippen LogP contribution >= 0.6 is 0 Å². The molecule has 12 aromatic rings. The van der Waals surface area contributed by atoms with Gasteiger partial charge in [-0.05, 0) is 158 Å². The van der Waals surface area contributed by atoms with Gasteiger partial charge in [0.2, 0.25) is 0 Å². The number of aromatic nitrogens is 1. The first kappa shape index (κ1) is 47.0. The first-order valence-electron chi connectivity index (χ1n) is 27.3. The van der Waals surface area contributed by atoms with Crippen LogP contribution in [0.5, 0.6) is 0 Å². The zero-order valence-electron chi connectivity index (χ0n) is 44.5. The van der Waals surface area contributed by atoms with Crippen molar-refractivity contribution in [1.29, 1.82) is 0 Å². The highest BCUT2D eigenvalue weighted by molar-refractivity contribution is 6.20. The first-order valence-corrected chi connectivity index (χ1v) is 27.3. The number of nitrogens with zero attached hydrogens (tertiary/aromatic N) is 2. The fourth-order valence-corrected chi connectivity index (χ4v) is 13.5. The Balaban J connectivity index is 1.01. The number of rotatable bonds is 10. The summed E-state index contributed by atoms with van der Waals surface area (Å²) in [5.74, 6) is 0. The molecule has 372 valence electrons. The molecular formula is C76H58N2. The SMILES string of the molecule is CC1=C(/C=C(\C)N(c2ccc(-n3c4cccc(-c5ccccc5)c4c4cc(-c5ccccc5)cc(-c5ccccc5)c43)cc2)c2ccc3c(c2)C(c2ccccc2)(c2ccccc2)c2ccccc2-3)C(C)(C)c2ccccc21. The van der Waals surface area contributed by atoms with E-state index in [1.807, 2.05) is 0 Å². The quantitative estimate of drug-likeness (QED) is 0.133. The largest absolute Gasteiger partial charge is 0.314 e. The highest BCUT2D eigenvalue weighted by atomic mass is 15.1. The van der Waals surface area contributed by atoms with E-state index in [1.54, 1.807) is 0 Å². The Morgan fingerprint density at radius 2 is 0.923 bits per heavy atom. The van der Waals surface area contributed by atoms with E-state index < -0.39 is 5.41 Å². The molecule has 1 heterocycles. The molecule has 2 aliphatic carbocycles. The number of benzene rings is 11. The lowest BCUT2D eigenvalue weighted by atomic mass is 9.67. The molecule has 2 heteroatoms. The molecule has 14 rings (SSSR count). The molecule has 0 fully saturated rings. The Hall–Kier alpha value is -9.50. The van der Waals surface area contributed by atoms with E-state index in [9.17, 15) is 0 Å². The second-order valence-corrected chi connectivity index (χ2v) is 21.7. The number of anilines is 2. The van der Waals surface area contributed by atoms with E-state index in [0.717, 1.165) is 28.3 Å². The van der Waals surface area contributed by atoms with Gasteiger partial charge in [-0.3, -0.25) is 0 Å². The summed E-state index contributed by atoms with van der Waals surface area (Å²) in [6.45, 7) is 9.35. The van der Waals surface area contributed by atoms with Gasteiger partial charge < -0.3 is 9.47 Å². The molecule has 0 spiro atoms. The minimum absolute atomic E-state index is 0.182. The summed E-state index contributed by atoms with van der Waals surface area (Å²) in [4.78, 5) is 2.49.